The Morgan fingerprint density at radius 2 is 1.82 bits per heavy atom. The molecule has 0 atom stereocenters. The summed E-state index contributed by atoms with van der Waals surface area (Å²) in [6.07, 6.45) is 0.992. The summed E-state index contributed by atoms with van der Waals surface area (Å²) in [7, 11) is 1.91. The molecule has 1 heterocycles. The minimum atomic E-state index is -3.51. The van der Waals surface area contributed by atoms with E-state index < -0.39 is 9.84 Å². The molecule has 0 bridgehead atoms. The number of aromatic nitrogens is 1. The van der Waals surface area contributed by atoms with Gasteiger partial charge in [0.25, 0.3) is 0 Å². The summed E-state index contributed by atoms with van der Waals surface area (Å²) in [4.78, 5) is 21.4. The number of hydrogen-bond donors (Lipinski definition) is 0. The molecule has 0 radical (unpaired) electrons. The van der Waals surface area contributed by atoms with Gasteiger partial charge in [0, 0.05) is 13.0 Å². The van der Waals surface area contributed by atoms with Crippen LogP contribution in [0.15, 0.2) is 47.4 Å². The van der Waals surface area contributed by atoms with Crippen molar-refractivity contribution in [3.05, 3.63) is 48.3 Å². The highest BCUT2D eigenvalue weighted by molar-refractivity contribution is 7.91. The number of thiazole rings is 1. The number of amides is 1. The number of fused-ring (bicyclic) bond motifs is 1. The predicted molar refractivity (Wildman–Crippen MR) is 129 cm³/mol. The maximum atomic E-state index is 13.6. The highest BCUT2D eigenvalue weighted by atomic mass is 32.2. The molecular formula is C23H28FN3O4S2. The van der Waals surface area contributed by atoms with Gasteiger partial charge in [0.2, 0.25) is 5.91 Å². The molecule has 2 aromatic carbocycles. The van der Waals surface area contributed by atoms with Crippen molar-refractivity contribution in [2.75, 3.05) is 44.9 Å². The van der Waals surface area contributed by atoms with E-state index in [1.54, 1.807) is 23.1 Å². The van der Waals surface area contributed by atoms with Crippen LogP contribution in [0.5, 0.6) is 5.75 Å². The molecule has 178 valence electrons. The van der Waals surface area contributed by atoms with Crippen molar-refractivity contribution in [2.45, 2.75) is 24.2 Å². The van der Waals surface area contributed by atoms with Gasteiger partial charge in [-0.15, -0.1) is 0 Å². The van der Waals surface area contributed by atoms with Gasteiger partial charge in [-0.05, 0) is 75.9 Å². The second kappa shape index (κ2) is 11.0. The summed E-state index contributed by atoms with van der Waals surface area (Å²) < 4.78 is 44.6. The minimum absolute atomic E-state index is 0.0711. The summed E-state index contributed by atoms with van der Waals surface area (Å²) >= 11 is 1.26. The van der Waals surface area contributed by atoms with Crippen LogP contribution in [0.1, 0.15) is 19.3 Å². The molecule has 0 spiro atoms. The highest BCUT2D eigenvalue weighted by Crippen LogP contribution is 2.30. The first-order valence-electron chi connectivity index (χ1n) is 10.6. The number of sulfone groups is 1. The zero-order valence-electron chi connectivity index (χ0n) is 19.0. The van der Waals surface area contributed by atoms with Crippen LogP contribution >= 0.6 is 11.3 Å². The van der Waals surface area contributed by atoms with Crippen molar-refractivity contribution < 1.29 is 22.3 Å². The van der Waals surface area contributed by atoms with Crippen LogP contribution in [-0.4, -0.2) is 64.3 Å². The zero-order valence-corrected chi connectivity index (χ0v) is 20.6. The van der Waals surface area contributed by atoms with Crippen LogP contribution < -0.4 is 9.64 Å². The van der Waals surface area contributed by atoms with Gasteiger partial charge in [-0.25, -0.2) is 17.8 Å². The monoisotopic (exact) mass is 493 g/mol. The fourth-order valence-corrected chi connectivity index (χ4v) is 5.67. The number of ether oxygens (including phenoxy) is 1. The van der Waals surface area contributed by atoms with Crippen molar-refractivity contribution in [1.29, 1.82) is 0 Å². The Bertz CT molecular complexity index is 1190. The minimum Gasteiger partial charge on any atom is -0.497 e. The van der Waals surface area contributed by atoms with Crippen LogP contribution in [0.25, 0.3) is 10.2 Å². The average molecular weight is 494 g/mol. The first kappa shape index (κ1) is 25.1. The molecule has 0 saturated carbocycles. The van der Waals surface area contributed by atoms with E-state index in [-0.39, 0.29) is 35.2 Å². The molecule has 33 heavy (non-hydrogen) atoms. The second-order valence-corrected chi connectivity index (χ2v) is 11.0. The third-order valence-electron chi connectivity index (χ3n) is 5.08. The topological polar surface area (TPSA) is 79.8 Å². The van der Waals surface area contributed by atoms with Crippen LogP contribution in [-0.2, 0) is 14.6 Å². The molecule has 0 saturated heterocycles. The van der Waals surface area contributed by atoms with Gasteiger partial charge < -0.3 is 9.64 Å². The number of methoxy groups -OCH3 is 1. The van der Waals surface area contributed by atoms with Gasteiger partial charge in [0.1, 0.15) is 11.6 Å². The molecule has 1 amide bonds. The Kier molecular flexibility index (Phi) is 8.39. The van der Waals surface area contributed by atoms with E-state index in [2.05, 4.69) is 4.98 Å². The molecular weight excluding hydrogens is 465 g/mol. The first-order valence-corrected chi connectivity index (χ1v) is 13.0. The Morgan fingerprint density at radius 3 is 2.48 bits per heavy atom. The third-order valence-corrected chi connectivity index (χ3v) is 7.94. The molecule has 0 aliphatic rings. The number of nitrogens with zero attached hydrogens (tertiary/aromatic N) is 3. The van der Waals surface area contributed by atoms with Gasteiger partial charge in [-0.2, -0.15) is 0 Å². The second-order valence-electron chi connectivity index (χ2n) is 7.91. The fraction of sp³-hybridized carbons (Fsp3) is 0.391. The maximum Gasteiger partial charge on any atom is 0.228 e. The molecule has 3 rings (SSSR count). The summed E-state index contributed by atoms with van der Waals surface area (Å²) in [6, 6.07) is 10.5. The van der Waals surface area contributed by atoms with Gasteiger partial charge in [-0.1, -0.05) is 11.3 Å². The van der Waals surface area contributed by atoms with Crippen molar-refractivity contribution >= 4 is 42.4 Å². The lowest BCUT2D eigenvalue weighted by molar-refractivity contribution is -0.118. The molecule has 0 fully saturated rings. The van der Waals surface area contributed by atoms with Crippen LogP contribution in [0, 0.1) is 5.82 Å². The average Bonchev–Trinajstić information content (AvgIpc) is 3.19. The quantitative estimate of drug-likeness (QED) is 0.402. The summed E-state index contributed by atoms with van der Waals surface area (Å²) in [5.41, 5.74) is 0.629. The van der Waals surface area contributed by atoms with Crippen molar-refractivity contribution in [3.63, 3.8) is 0 Å². The lowest BCUT2D eigenvalue weighted by Gasteiger charge is -2.21. The Balaban J connectivity index is 1.69. The SMILES string of the molecule is COc1ccc(S(=O)(=O)CCCC(=O)N(CCCN(C)C)c2nc3ccc(F)cc3s2)cc1. The third kappa shape index (κ3) is 6.72. The number of benzene rings is 2. The normalized spacial score (nSPS) is 11.8. The lowest BCUT2D eigenvalue weighted by Crippen LogP contribution is -2.33. The number of anilines is 1. The van der Waals surface area contributed by atoms with E-state index in [0.29, 0.717) is 27.6 Å². The number of carbonyl (C=O) groups is 1. The van der Waals surface area contributed by atoms with Crippen LogP contribution in [0.2, 0.25) is 0 Å². The van der Waals surface area contributed by atoms with E-state index in [9.17, 15) is 17.6 Å². The van der Waals surface area contributed by atoms with Crippen molar-refractivity contribution in [1.82, 2.24) is 9.88 Å². The van der Waals surface area contributed by atoms with Gasteiger partial charge in [-0.3, -0.25) is 9.69 Å². The molecule has 0 unspecified atom stereocenters. The number of rotatable bonds is 11. The van der Waals surface area contributed by atoms with E-state index in [1.807, 2.05) is 19.0 Å². The summed E-state index contributed by atoms with van der Waals surface area (Å²) in [6.45, 7) is 1.24. The first-order chi connectivity index (χ1) is 15.7. The highest BCUT2D eigenvalue weighted by Gasteiger charge is 2.21. The van der Waals surface area contributed by atoms with Crippen molar-refractivity contribution in [2.24, 2.45) is 0 Å². The van der Waals surface area contributed by atoms with Crippen LogP contribution in [0.4, 0.5) is 9.52 Å². The molecule has 7 nitrogen and oxygen atoms in total. The number of halogens is 1. The Morgan fingerprint density at radius 1 is 1.09 bits per heavy atom. The molecule has 3 aromatic rings. The molecule has 0 N–H and O–H groups in total. The largest absolute Gasteiger partial charge is 0.497 e. The van der Waals surface area contributed by atoms with Crippen LogP contribution in [0.3, 0.4) is 0 Å². The number of carbonyl (C=O) groups excluding carboxylic acids is 1. The molecule has 0 aliphatic carbocycles. The standard InChI is InChI=1S/C23H28FN3O4S2/c1-26(2)13-5-14-27(23-25-20-12-7-17(24)16-21(20)32-23)22(28)6-4-15-33(29,30)19-10-8-18(31-3)9-11-19/h7-12,16H,4-6,13-15H2,1-3H3. The molecule has 0 aliphatic heterocycles. The zero-order chi connectivity index (χ0) is 24.0. The van der Waals surface area contributed by atoms with E-state index in [0.717, 1.165) is 13.0 Å². The lowest BCUT2D eigenvalue weighted by atomic mass is 10.3. The molecule has 1 aromatic heterocycles. The summed E-state index contributed by atoms with van der Waals surface area (Å²) in [5, 5.41) is 0.498. The van der Waals surface area contributed by atoms with E-state index in [4.69, 9.17) is 4.74 Å². The van der Waals surface area contributed by atoms with E-state index >= 15 is 0 Å². The van der Waals surface area contributed by atoms with E-state index in [1.165, 1.54) is 42.7 Å². The number of hydrogen-bond acceptors (Lipinski definition) is 7. The van der Waals surface area contributed by atoms with Gasteiger partial charge >= 0.3 is 0 Å². The Hall–Kier alpha value is -2.56. The van der Waals surface area contributed by atoms with Gasteiger partial charge in [0.15, 0.2) is 15.0 Å². The smallest absolute Gasteiger partial charge is 0.228 e. The predicted octanol–water partition coefficient (Wildman–Crippen LogP) is 3.98. The molecule has 10 heteroatoms. The van der Waals surface area contributed by atoms with Crippen molar-refractivity contribution in [3.8, 4) is 5.75 Å². The summed E-state index contributed by atoms with van der Waals surface area (Å²) in [5.74, 6) is -0.111. The Labute approximate surface area is 197 Å². The van der Waals surface area contributed by atoms with Gasteiger partial charge in [0.05, 0.1) is 28.0 Å². The fourth-order valence-electron chi connectivity index (χ4n) is 3.32. The maximum absolute atomic E-state index is 13.6.